The third-order valence-corrected chi connectivity index (χ3v) is 4.64. The predicted octanol–water partition coefficient (Wildman–Crippen LogP) is 3.01. The lowest BCUT2D eigenvalue weighted by Gasteiger charge is -2.13. The molecule has 2 aromatic carbocycles. The van der Waals surface area contributed by atoms with Gasteiger partial charge in [0.2, 0.25) is 10.0 Å². The Bertz CT molecular complexity index is 700. The molecule has 2 aromatic rings. The molecule has 4 nitrogen and oxygen atoms in total. The van der Waals surface area contributed by atoms with Crippen LogP contribution >= 0.6 is 23.2 Å². The summed E-state index contributed by atoms with van der Waals surface area (Å²) < 4.78 is 26.6. The van der Waals surface area contributed by atoms with Crippen molar-refractivity contribution in [3.63, 3.8) is 0 Å². The zero-order valence-corrected chi connectivity index (χ0v) is 13.2. The van der Waals surface area contributed by atoms with Crippen LogP contribution < -0.4 is 4.72 Å². The standard InChI is InChI=1S/C14H13Cl2NO3S/c15-11-6-12(16)8-13(7-11)21(19,20)17-9-14(18)10-4-2-1-3-5-10/h1-8,14,17-18H,9H2. The number of hydrogen-bond donors (Lipinski definition) is 2. The Morgan fingerprint density at radius 1 is 1.05 bits per heavy atom. The molecular weight excluding hydrogens is 333 g/mol. The third kappa shape index (κ3) is 4.43. The maximum absolute atomic E-state index is 12.1. The van der Waals surface area contributed by atoms with Gasteiger partial charge in [-0.15, -0.1) is 0 Å². The summed E-state index contributed by atoms with van der Waals surface area (Å²) in [6.07, 6.45) is -0.935. The molecule has 0 aromatic heterocycles. The minimum Gasteiger partial charge on any atom is -0.387 e. The van der Waals surface area contributed by atoms with Gasteiger partial charge < -0.3 is 5.11 Å². The molecule has 7 heteroatoms. The molecule has 0 saturated carbocycles. The normalized spacial score (nSPS) is 13.1. The van der Waals surface area contributed by atoms with E-state index >= 15 is 0 Å². The van der Waals surface area contributed by atoms with Crippen molar-refractivity contribution in [3.05, 3.63) is 64.1 Å². The Morgan fingerprint density at radius 3 is 2.19 bits per heavy atom. The summed E-state index contributed by atoms with van der Waals surface area (Å²) in [7, 11) is -3.79. The predicted molar refractivity (Wildman–Crippen MR) is 83.1 cm³/mol. The van der Waals surface area contributed by atoms with Crippen molar-refractivity contribution in [2.24, 2.45) is 0 Å². The lowest BCUT2D eigenvalue weighted by Crippen LogP contribution is -2.28. The summed E-state index contributed by atoms with van der Waals surface area (Å²) in [6.45, 7) is -0.142. The molecule has 2 rings (SSSR count). The number of halogens is 2. The summed E-state index contributed by atoms with van der Waals surface area (Å²) >= 11 is 11.6. The first-order valence-corrected chi connectivity index (χ1v) is 8.31. The van der Waals surface area contributed by atoms with E-state index in [-0.39, 0.29) is 21.5 Å². The quantitative estimate of drug-likeness (QED) is 0.875. The average Bonchev–Trinajstić information content (AvgIpc) is 2.45. The van der Waals surface area contributed by atoms with Crippen molar-refractivity contribution in [1.29, 1.82) is 0 Å². The minimum atomic E-state index is -3.79. The molecular formula is C14H13Cl2NO3S. The van der Waals surface area contributed by atoms with E-state index in [1.54, 1.807) is 24.3 Å². The van der Waals surface area contributed by atoms with E-state index in [1.165, 1.54) is 18.2 Å². The summed E-state index contributed by atoms with van der Waals surface area (Å²) in [5.41, 5.74) is 0.629. The van der Waals surface area contributed by atoms with Crippen molar-refractivity contribution in [1.82, 2.24) is 4.72 Å². The van der Waals surface area contributed by atoms with E-state index in [0.717, 1.165) is 0 Å². The summed E-state index contributed by atoms with van der Waals surface area (Å²) in [4.78, 5) is -0.0414. The Morgan fingerprint density at radius 2 is 1.62 bits per heavy atom. The average molecular weight is 346 g/mol. The summed E-state index contributed by atoms with van der Waals surface area (Å²) in [6, 6.07) is 12.8. The lowest BCUT2D eigenvalue weighted by molar-refractivity contribution is 0.182. The molecule has 0 heterocycles. The molecule has 0 aliphatic heterocycles. The zero-order chi connectivity index (χ0) is 15.5. The van der Waals surface area contributed by atoms with Gasteiger partial charge in [0.15, 0.2) is 0 Å². The largest absolute Gasteiger partial charge is 0.387 e. The molecule has 21 heavy (non-hydrogen) atoms. The van der Waals surface area contributed by atoms with Crippen LogP contribution in [0.25, 0.3) is 0 Å². The van der Waals surface area contributed by atoms with Gasteiger partial charge in [0.25, 0.3) is 0 Å². The number of rotatable bonds is 5. The summed E-state index contributed by atoms with van der Waals surface area (Å²) in [5, 5.41) is 10.4. The number of benzene rings is 2. The Kier molecular flexibility index (Phi) is 5.24. The van der Waals surface area contributed by atoms with Gasteiger partial charge in [-0.25, -0.2) is 13.1 Å². The monoisotopic (exact) mass is 345 g/mol. The fraction of sp³-hybridized carbons (Fsp3) is 0.143. The number of aliphatic hydroxyl groups excluding tert-OH is 1. The fourth-order valence-corrected chi connectivity index (χ4v) is 3.51. The SMILES string of the molecule is O=S(=O)(NCC(O)c1ccccc1)c1cc(Cl)cc(Cl)c1. The first kappa shape index (κ1) is 16.3. The second-order valence-corrected chi connectivity index (χ2v) is 7.02. The van der Waals surface area contributed by atoms with Gasteiger partial charge in [-0.3, -0.25) is 0 Å². The highest BCUT2D eigenvalue weighted by Crippen LogP contribution is 2.22. The van der Waals surface area contributed by atoms with Crippen LogP contribution in [0.15, 0.2) is 53.4 Å². The van der Waals surface area contributed by atoms with Gasteiger partial charge in [0.05, 0.1) is 11.0 Å². The van der Waals surface area contributed by atoms with Crippen LogP contribution in [-0.4, -0.2) is 20.1 Å². The molecule has 112 valence electrons. The Hall–Kier alpha value is -1.11. The second kappa shape index (κ2) is 6.77. The molecule has 1 atom stereocenters. The van der Waals surface area contributed by atoms with Crippen molar-refractivity contribution in [2.75, 3.05) is 6.54 Å². The van der Waals surface area contributed by atoms with Gasteiger partial charge in [-0.05, 0) is 23.8 Å². The van der Waals surface area contributed by atoms with Crippen LogP contribution in [0, 0.1) is 0 Å². The smallest absolute Gasteiger partial charge is 0.240 e. The van der Waals surface area contributed by atoms with Crippen LogP contribution in [-0.2, 0) is 10.0 Å². The maximum Gasteiger partial charge on any atom is 0.240 e. The highest BCUT2D eigenvalue weighted by atomic mass is 35.5. The van der Waals surface area contributed by atoms with Gasteiger partial charge >= 0.3 is 0 Å². The van der Waals surface area contributed by atoms with E-state index in [1.807, 2.05) is 6.07 Å². The van der Waals surface area contributed by atoms with Crippen LogP contribution in [0.5, 0.6) is 0 Å². The topological polar surface area (TPSA) is 66.4 Å². The van der Waals surface area contributed by atoms with Gasteiger partial charge in [-0.2, -0.15) is 0 Å². The second-order valence-electron chi connectivity index (χ2n) is 4.38. The maximum atomic E-state index is 12.1. The fourth-order valence-electron chi connectivity index (χ4n) is 1.75. The van der Waals surface area contributed by atoms with Crippen LogP contribution in [0.1, 0.15) is 11.7 Å². The van der Waals surface area contributed by atoms with Crippen molar-refractivity contribution >= 4 is 33.2 Å². The van der Waals surface area contributed by atoms with Crippen LogP contribution in [0.3, 0.4) is 0 Å². The molecule has 0 amide bonds. The van der Waals surface area contributed by atoms with E-state index in [4.69, 9.17) is 23.2 Å². The van der Waals surface area contributed by atoms with Gasteiger partial charge in [-0.1, -0.05) is 53.5 Å². The number of hydrogen-bond acceptors (Lipinski definition) is 3. The number of aliphatic hydroxyl groups is 1. The highest BCUT2D eigenvalue weighted by Gasteiger charge is 2.17. The van der Waals surface area contributed by atoms with Crippen molar-refractivity contribution in [3.8, 4) is 0 Å². The lowest BCUT2D eigenvalue weighted by atomic mass is 10.1. The molecule has 0 radical (unpaired) electrons. The van der Waals surface area contributed by atoms with Crippen molar-refractivity contribution in [2.45, 2.75) is 11.0 Å². The van der Waals surface area contributed by atoms with E-state index in [2.05, 4.69) is 4.72 Å². The van der Waals surface area contributed by atoms with E-state index < -0.39 is 16.1 Å². The van der Waals surface area contributed by atoms with Crippen LogP contribution in [0.4, 0.5) is 0 Å². The number of nitrogens with one attached hydrogen (secondary N) is 1. The van der Waals surface area contributed by atoms with Gasteiger partial charge in [0.1, 0.15) is 0 Å². The molecule has 2 N–H and O–H groups in total. The summed E-state index contributed by atoms with van der Waals surface area (Å²) in [5.74, 6) is 0. The molecule has 0 aliphatic carbocycles. The molecule has 0 spiro atoms. The highest BCUT2D eigenvalue weighted by molar-refractivity contribution is 7.89. The molecule has 1 unspecified atom stereocenters. The molecule has 0 aliphatic rings. The zero-order valence-electron chi connectivity index (χ0n) is 10.8. The minimum absolute atomic E-state index is 0.0414. The first-order chi connectivity index (χ1) is 9.88. The molecule has 0 fully saturated rings. The van der Waals surface area contributed by atoms with Gasteiger partial charge in [0, 0.05) is 16.6 Å². The Labute approximate surface area is 133 Å². The Balaban J connectivity index is 2.11. The van der Waals surface area contributed by atoms with E-state index in [0.29, 0.717) is 5.56 Å². The molecule has 0 bridgehead atoms. The third-order valence-electron chi connectivity index (χ3n) is 2.80. The number of sulfonamides is 1. The van der Waals surface area contributed by atoms with Crippen LogP contribution in [0.2, 0.25) is 10.0 Å². The molecule has 0 saturated heterocycles. The first-order valence-electron chi connectivity index (χ1n) is 6.07. The van der Waals surface area contributed by atoms with Crippen molar-refractivity contribution < 1.29 is 13.5 Å². The van der Waals surface area contributed by atoms with E-state index in [9.17, 15) is 13.5 Å².